The quantitative estimate of drug-likeness (QED) is 0.912. The Hall–Kier alpha value is -3.34. The lowest BCUT2D eigenvalue weighted by molar-refractivity contribution is -0.119. The molecule has 1 aliphatic rings. The van der Waals surface area contributed by atoms with Crippen molar-refractivity contribution in [2.75, 3.05) is 16.9 Å². The predicted molar refractivity (Wildman–Crippen MR) is 90.6 cm³/mol. The molecule has 1 heterocycles. The van der Waals surface area contributed by atoms with Crippen molar-refractivity contribution in [1.82, 2.24) is 0 Å². The number of rotatable bonds is 3. The molecule has 0 spiro atoms. The molecule has 0 aromatic heterocycles. The zero-order valence-electron chi connectivity index (χ0n) is 13.4. The fourth-order valence-electron chi connectivity index (χ4n) is 2.58. The number of hydrogen-bond acceptors (Lipinski definition) is 4. The van der Waals surface area contributed by atoms with Crippen LogP contribution in [0.25, 0.3) is 0 Å². The second kappa shape index (κ2) is 6.88. The zero-order valence-corrected chi connectivity index (χ0v) is 13.4. The van der Waals surface area contributed by atoms with Crippen molar-refractivity contribution in [3.8, 4) is 6.07 Å². The first kappa shape index (κ1) is 17.5. The monoisotopic (exact) mass is 358 g/mol. The molecule has 0 bridgehead atoms. The van der Waals surface area contributed by atoms with Crippen LogP contribution < -0.4 is 10.3 Å². The molecule has 1 atom stereocenters. The summed E-state index contributed by atoms with van der Waals surface area (Å²) in [5, 5.41) is 16.0. The Labute approximate surface area is 147 Å². The summed E-state index contributed by atoms with van der Waals surface area (Å²) in [4.78, 5) is 12.4. The van der Waals surface area contributed by atoms with Gasteiger partial charge in [0.15, 0.2) is 5.71 Å². The van der Waals surface area contributed by atoms with E-state index in [1.807, 2.05) is 6.07 Å². The van der Waals surface area contributed by atoms with Gasteiger partial charge in [0.2, 0.25) is 5.91 Å². The highest BCUT2D eigenvalue weighted by Gasteiger charge is 2.48. The summed E-state index contributed by atoms with van der Waals surface area (Å²) in [5.41, 5.74) is 0.0261. The number of nitriles is 1. The molecule has 1 amide bonds. The number of amides is 1. The number of carbonyl (C=O) groups is 1. The molecule has 0 fully saturated rings. The Morgan fingerprint density at radius 1 is 1.15 bits per heavy atom. The van der Waals surface area contributed by atoms with Crippen LogP contribution in [-0.2, 0) is 4.79 Å². The molecule has 2 aromatic rings. The van der Waals surface area contributed by atoms with Crippen molar-refractivity contribution in [3.63, 3.8) is 0 Å². The minimum Gasteiger partial charge on any atom is -0.325 e. The van der Waals surface area contributed by atoms with Gasteiger partial charge in [-0.1, -0.05) is 18.2 Å². The largest absolute Gasteiger partial charge is 0.432 e. The summed E-state index contributed by atoms with van der Waals surface area (Å²) < 4.78 is 40.0. The van der Waals surface area contributed by atoms with Gasteiger partial charge in [-0.05, 0) is 36.4 Å². The van der Waals surface area contributed by atoms with Crippen molar-refractivity contribution in [2.24, 2.45) is 11.0 Å². The van der Waals surface area contributed by atoms with E-state index >= 15 is 0 Å². The van der Waals surface area contributed by atoms with E-state index < -0.39 is 23.7 Å². The topological polar surface area (TPSA) is 68.5 Å². The van der Waals surface area contributed by atoms with Gasteiger partial charge in [0.1, 0.15) is 5.92 Å². The second-order valence-corrected chi connectivity index (χ2v) is 5.63. The molecular weight excluding hydrogens is 345 g/mol. The molecule has 0 aliphatic carbocycles. The Morgan fingerprint density at radius 2 is 1.81 bits per heavy atom. The van der Waals surface area contributed by atoms with Crippen molar-refractivity contribution in [2.45, 2.75) is 6.18 Å². The molecule has 8 heteroatoms. The zero-order chi connectivity index (χ0) is 18.7. The summed E-state index contributed by atoms with van der Waals surface area (Å²) in [5.74, 6) is -2.23. The third-order valence-corrected chi connectivity index (χ3v) is 3.86. The third kappa shape index (κ3) is 3.67. The molecule has 0 saturated heterocycles. The number of anilines is 2. The summed E-state index contributed by atoms with van der Waals surface area (Å²) in [7, 11) is 0. The number of nitrogens with zero attached hydrogens (tertiary/aromatic N) is 3. The maximum Gasteiger partial charge on any atom is 0.432 e. The van der Waals surface area contributed by atoms with Crippen LogP contribution >= 0.6 is 0 Å². The first-order valence-corrected chi connectivity index (χ1v) is 7.68. The summed E-state index contributed by atoms with van der Waals surface area (Å²) in [6.07, 6.45) is -4.72. The summed E-state index contributed by atoms with van der Waals surface area (Å²) in [6, 6.07) is 16.2. The van der Waals surface area contributed by atoms with Gasteiger partial charge in [-0.3, -0.25) is 9.80 Å². The number of carbonyl (C=O) groups excluding carboxylic acids is 1. The normalized spacial score (nSPS) is 16.8. The fraction of sp³-hybridized carbons (Fsp3) is 0.167. The molecule has 26 heavy (non-hydrogen) atoms. The third-order valence-electron chi connectivity index (χ3n) is 3.86. The molecule has 0 saturated carbocycles. The smallest absolute Gasteiger partial charge is 0.325 e. The van der Waals surface area contributed by atoms with E-state index in [1.165, 1.54) is 24.3 Å². The van der Waals surface area contributed by atoms with E-state index in [4.69, 9.17) is 5.26 Å². The highest BCUT2D eigenvalue weighted by molar-refractivity contribution is 6.13. The number of hydrazone groups is 1. The number of para-hydroxylation sites is 1. The number of hydrogen-bond donors (Lipinski definition) is 1. The number of alkyl halides is 3. The van der Waals surface area contributed by atoms with Gasteiger partial charge in [-0.2, -0.15) is 23.5 Å². The molecule has 2 aromatic carbocycles. The van der Waals surface area contributed by atoms with Gasteiger partial charge in [-0.25, -0.2) is 0 Å². The maximum atomic E-state index is 13.3. The van der Waals surface area contributed by atoms with Crippen LogP contribution in [0.15, 0.2) is 59.7 Å². The molecule has 1 aliphatic heterocycles. The van der Waals surface area contributed by atoms with E-state index in [1.54, 1.807) is 30.3 Å². The van der Waals surface area contributed by atoms with Crippen molar-refractivity contribution in [3.05, 3.63) is 60.2 Å². The molecule has 1 unspecified atom stereocenters. The molecule has 1 N–H and O–H groups in total. The molecular formula is C18H13F3N4O. The molecule has 3 rings (SSSR count). The van der Waals surface area contributed by atoms with Gasteiger partial charge >= 0.3 is 6.18 Å². The summed E-state index contributed by atoms with van der Waals surface area (Å²) in [6.45, 7) is -0.237. The van der Waals surface area contributed by atoms with E-state index in [0.29, 0.717) is 16.9 Å². The van der Waals surface area contributed by atoms with Crippen LogP contribution in [0, 0.1) is 17.2 Å². The van der Waals surface area contributed by atoms with Gasteiger partial charge in [0.25, 0.3) is 0 Å². The standard InChI is InChI=1S/C18H13F3N4O/c19-18(20,21)16-15(17(26)23-13-4-2-1-3-5-13)11-25(24-16)14-8-6-12(10-22)7-9-14/h1-9,15H,11H2,(H,23,26). The highest BCUT2D eigenvalue weighted by atomic mass is 19.4. The van der Waals surface area contributed by atoms with Crippen molar-refractivity contribution in [1.29, 1.82) is 5.26 Å². The lowest BCUT2D eigenvalue weighted by Crippen LogP contribution is -2.38. The van der Waals surface area contributed by atoms with Crippen LogP contribution in [0.1, 0.15) is 5.56 Å². The minimum absolute atomic E-state index is 0.237. The first-order chi connectivity index (χ1) is 12.4. The van der Waals surface area contributed by atoms with Gasteiger partial charge in [0.05, 0.1) is 23.9 Å². The molecule has 5 nitrogen and oxygen atoms in total. The fourth-order valence-corrected chi connectivity index (χ4v) is 2.58. The second-order valence-electron chi connectivity index (χ2n) is 5.63. The van der Waals surface area contributed by atoms with Crippen LogP contribution in [0.2, 0.25) is 0 Å². The van der Waals surface area contributed by atoms with E-state index in [2.05, 4.69) is 10.4 Å². The Kier molecular flexibility index (Phi) is 4.63. The van der Waals surface area contributed by atoms with Gasteiger partial charge < -0.3 is 5.32 Å². The Bertz CT molecular complexity index is 870. The van der Waals surface area contributed by atoms with Crippen molar-refractivity contribution >= 4 is 23.0 Å². The minimum atomic E-state index is -4.72. The first-order valence-electron chi connectivity index (χ1n) is 7.68. The maximum absolute atomic E-state index is 13.3. The number of nitrogens with one attached hydrogen (secondary N) is 1. The Balaban J connectivity index is 1.84. The SMILES string of the molecule is N#Cc1ccc(N2CC(C(=O)Nc3ccccc3)C(C(F)(F)F)=N2)cc1. The predicted octanol–water partition coefficient (Wildman–Crippen LogP) is 3.55. The van der Waals surface area contributed by atoms with Crippen LogP contribution in [0.4, 0.5) is 24.5 Å². The highest BCUT2D eigenvalue weighted by Crippen LogP contribution is 2.31. The average molecular weight is 358 g/mol. The molecule has 132 valence electrons. The van der Waals surface area contributed by atoms with Crippen LogP contribution in [0.5, 0.6) is 0 Å². The lowest BCUT2D eigenvalue weighted by Gasteiger charge is -2.16. The van der Waals surface area contributed by atoms with E-state index in [9.17, 15) is 18.0 Å². The average Bonchev–Trinajstić information content (AvgIpc) is 3.09. The van der Waals surface area contributed by atoms with Gasteiger partial charge in [-0.15, -0.1) is 0 Å². The van der Waals surface area contributed by atoms with Crippen LogP contribution in [-0.4, -0.2) is 24.3 Å². The summed E-state index contributed by atoms with van der Waals surface area (Å²) >= 11 is 0. The van der Waals surface area contributed by atoms with Crippen molar-refractivity contribution < 1.29 is 18.0 Å². The van der Waals surface area contributed by atoms with E-state index in [-0.39, 0.29) is 6.54 Å². The number of benzene rings is 2. The van der Waals surface area contributed by atoms with Crippen LogP contribution in [0.3, 0.4) is 0 Å². The van der Waals surface area contributed by atoms with Gasteiger partial charge in [0, 0.05) is 5.69 Å². The number of halogens is 3. The lowest BCUT2D eigenvalue weighted by atomic mass is 10.0. The Morgan fingerprint density at radius 3 is 2.38 bits per heavy atom. The molecule has 0 radical (unpaired) electrons. The van der Waals surface area contributed by atoms with E-state index in [0.717, 1.165) is 5.01 Å².